The van der Waals surface area contributed by atoms with E-state index in [0.717, 1.165) is 20.9 Å². The Morgan fingerprint density at radius 1 is 1.15 bits per heavy atom. The van der Waals surface area contributed by atoms with Gasteiger partial charge in [-0.15, -0.1) is 12.4 Å². The normalized spacial score (nSPS) is 10.7. The van der Waals surface area contributed by atoms with Crippen LogP contribution in [0.4, 0.5) is 9.52 Å². The number of hydrogen-bond donors (Lipinski definition) is 1. The zero-order valence-corrected chi connectivity index (χ0v) is 20.2. The smallest absolute Gasteiger partial charge is 0.186 e. The number of anilines is 1. The average molecular weight is 509 g/mol. The van der Waals surface area contributed by atoms with Crippen molar-refractivity contribution in [1.29, 1.82) is 0 Å². The Kier molecular flexibility index (Phi) is 8.68. The summed E-state index contributed by atoms with van der Waals surface area (Å²) in [7, 11) is 1.58. The number of benzene rings is 2. The lowest BCUT2D eigenvalue weighted by Crippen LogP contribution is -2.28. The molecule has 2 aromatic heterocycles. The molecule has 0 unspecified atom stereocenters. The number of nitrogens with two attached hydrogens (primary N) is 1. The number of hydrogen-bond acceptors (Lipinski definition) is 7. The second kappa shape index (κ2) is 11.5. The molecule has 0 aliphatic carbocycles. The quantitative estimate of drug-likeness (QED) is 0.323. The summed E-state index contributed by atoms with van der Waals surface area (Å²) >= 11 is 7.76. The molecule has 0 aliphatic rings. The maximum atomic E-state index is 13.9. The van der Waals surface area contributed by atoms with Gasteiger partial charge < -0.3 is 20.1 Å². The fourth-order valence-electron chi connectivity index (χ4n) is 3.26. The first-order valence-electron chi connectivity index (χ1n) is 9.97. The van der Waals surface area contributed by atoms with E-state index in [4.69, 9.17) is 26.8 Å². The van der Waals surface area contributed by atoms with E-state index in [9.17, 15) is 4.39 Å². The standard InChI is InChI=1S/C23H22ClFN4O2S.ClH/c1-30-20-10-15(6-7-19(20)31-14-16-4-2-3-5-18(16)25)13-29(9-8-26)23-28-22-17(24)11-27-12-21(22)32-23;/h2-7,10-12H,8-9,13-14,26H2,1H3;1H. The highest BCUT2D eigenvalue weighted by atomic mass is 35.5. The molecular formula is C23H23Cl2FN4O2S. The van der Waals surface area contributed by atoms with E-state index in [1.54, 1.807) is 37.7 Å². The summed E-state index contributed by atoms with van der Waals surface area (Å²) in [6.45, 7) is 1.79. The van der Waals surface area contributed by atoms with Gasteiger partial charge in [-0.1, -0.05) is 47.2 Å². The van der Waals surface area contributed by atoms with Crippen LogP contribution in [-0.4, -0.2) is 30.2 Å². The number of halogens is 3. The van der Waals surface area contributed by atoms with Gasteiger partial charge in [-0.3, -0.25) is 4.98 Å². The second-order valence-electron chi connectivity index (χ2n) is 7.04. The molecule has 10 heteroatoms. The Bertz CT molecular complexity index is 1220. The Morgan fingerprint density at radius 3 is 2.70 bits per heavy atom. The molecule has 0 radical (unpaired) electrons. The van der Waals surface area contributed by atoms with Crippen LogP contribution < -0.4 is 20.1 Å². The molecule has 2 N–H and O–H groups in total. The molecule has 0 amide bonds. The summed E-state index contributed by atoms with van der Waals surface area (Å²) in [6, 6.07) is 12.2. The van der Waals surface area contributed by atoms with Crippen LogP contribution in [0.1, 0.15) is 11.1 Å². The van der Waals surface area contributed by atoms with Crippen LogP contribution in [0.3, 0.4) is 0 Å². The van der Waals surface area contributed by atoms with Crippen LogP contribution >= 0.6 is 35.3 Å². The molecule has 2 aromatic carbocycles. The molecule has 4 rings (SSSR count). The zero-order chi connectivity index (χ0) is 22.5. The van der Waals surface area contributed by atoms with E-state index in [-0.39, 0.29) is 24.8 Å². The maximum absolute atomic E-state index is 13.9. The number of ether oxygens (including phenoxy) is 2. The molecule has 0 aliphatic heterocycles. The monoisotopic (exact) mass is 508 g/mol. The van der Waals surface area contributed by atoms with Gasteiger partial charge in [0.1, 0.15) is 17.9 Å². The summed E-state index contributed by atoms with van der Waals surface area (Å²) in [4.78, 5) is 10.9. The fraction of sp³-hybridized carbons (Fsp3) is 0.217. The summed E-state index contributed by atoms with van der Waals surface area (Å²) in [5.41, 5.74) is 8.07. The van der Waals surface area contributed by atoms with Crippen LogP contribution in [0.25, 0.3) is 10.2 Å². The van der Waals surface area contributed by atoms with Gasteiger partial charge in [0.2, 0.25) is 0 Å². The van der Waals surface area contributed by atoms with Crippen LogP contribution in [-0.2, 0) is 13.2 Å². The minimum atomic E-state index is -0.299. The molecule has 2 heterocycles. The third-order valence-electron chi connectivity index (χ3n) is 4.86. The van der Waals surface area contributed by atoms with E-state index < -0.39 is 0 Å². The average Bonchev–Trinajstić information content (AvgIpc) is 3.24. The van der Waals surface area contributed by atoms with Gasteiger partial charge in [-0.25, -0.2) is 9.37 Å². The third kappa shape index (κ3) is 5.83. The number of aromatic nitrogens is 2. The van der Waals surface area contributed by atoms with Gasteiger partial charge in [0.15, 0.2) is 16.6 Å². The van der Waals surface area contributed by atoms with Crippen LogP contribution in [0.5, 0.6) is 11.5 Å². The van der Waals surface area contributed by atoms with E-state index in [1.807, 2.05) is 18.2 Å². The number of fused-ring (bicyclic) bond motifs is 1. The lowest BCUT2D eigenvalue weighted by atomic mass is 10.2. The van der Waals surface area contributed by atoms with Gasteiger partial charge in [-0.05, 0) is 23.8 Å². The Balaban J connectivity index is 0.00000306. The van der Waals surface area contributed by atoms with Gasteiger partial charge >= 0.3 is 0 Å². The van der Waals surface area contributed by atoms with Crippen LogP contribution in [0, 0.1) is 5.82 Å². The van der Waals surface area contributed by atoms with Crippen molar-refractivity contribution in [3.63, 3.8) is 0 Å². The van der Waals surface area contributed by atoms with E-state index in [2.05, 4.69) is 14.9 Å². The molecule has 174 valence electrons. The SMILES string of the molecule is COc1cc(CN(CCN)c2nc3c(Cl)cncc3s2)ccc1OCc1ccccc1F.Cl. The first kappa shape index (κ1) is 25.0. The van der Waals surface area contributed by atoms with E-state index >= 15 is 0 Å². The van der Waals surface area contributed by atoms with Crippen molar-refractivity contribution in [3.05, 3.63) is 76.8 Å². The molecule has 6 nitrogen and oxygen atoms in total. The fourth-order valence-corrected chi connectivity index (χ4v) is 4.51. The van der Waals surface area contributed by atoms with Gasteiger partial charge in [0.25, 0.3) is 0 Å². The van der Waals surface area contributed by atoms with Crippen molar-refractivity contribution in [2.45, 2.75) is 13.2 Å². The van der Waals surface area contributed by atoms with Crippen LogP contribution in [0.2, 0.25) is 5.02 Å². The Morgan fingerprint density at radius 2 is 1.97 bits per heavy atom. The van der Waals surface area contributed by atoms with Crippen LogP contribution in [0.15, 0.2) is 54.9 Å². The summed E-state index contributed by atoms with van der Waals surface area (Å²) in [6.07, 6.45) is 3.35. The number of nitrogens with zero attached hydrogens (tertiary/aromatic N) is 3. The summed E-state index contributed by atoms with van der Waals surface area (Å²) in [5.74, 6) is 0.817. The van der Waals surface area contributed by atoms with E-state index in [1.165, 1.54) is 17.4 Å². The molecule has 0 bridgehead atoms. The number of thiazole rings is 1. The minimum Gasteiger partial charge on any atom is -0.493 e. The van der Waals surface area contributed by atoms with E-state index in [0.29, 0.717) is 41.7 Å². The molecule has 4 aromatic rings. The second-order valence-corrected chi connectivity index (χ2v) is 8.46. The molecule has 0 saturated heterocycles. The van der Waals surface area contributed by atoms with Gasteiger partial charge in [0.05, 0.1) is 16.8 Å². The number of rotatable bonds is 9. The van der Waals surface area contributed by atoms with Crippen molar-refractivity contribution in [2.75, 3.05) is 25.1 Å². The first-order valence-corrected chi connectivity index (χ1v) is 11.2. The van der Waals surface area contributed by atoms with Crippen molar-refractivity contribution < 1.29 is 13.9 Å². The topological polar surface area (TPSA) is 73.5 Å². The predicted octanol–water partition coefficient (Wildman–Crippen LogP) is 5.46. The predicted molar refractivity (Wildman–Crippen MR) is 134 cm³/mol. The molecular weight excluding hydrogens is 486 g/mol. The molecule has 0 fully saturated rings. The maximum Gasteiger partial charge on any atom is 0.186 e. The lowest BCUT2D eigenvalue weighted by molar-refractivity contribution is 0.279. The first-order chi connectivity index (χ1) is 15.6. The molecule has 33 heavy (non-hydrogen) atoms. The van der Waals surface area contributed by atoms with Gasteiger partial charge in [0, 0.05) is 37.6 Å². The third-order valence-corrected chi connectivity index (χ3v) is 6.19. The highest BCUT2D eigenvalue weighted by Gasteiger charge is 2.16. The summed E-state index contributed by atoms with van der Waals surface area (Å²) < 4.78 is 26.1. The zero-order valence-electron chi connectivity index (χ0n) is 17.8. The van der Waals surface area contributed by atoms with Crippen molar-refractivity contribution >= 4 is 50.7 Å². The van der Waals surface area contributed by atoms with Gasteiger partial charge in [-0.2, -0.15) is 0 Å². The lowest BCUT2D eigenvalue weighted by Gasteiger charge is -2.22. The number of pyridine rings is 1. The van der Waals surface area contributed by atoms with Crippen molar-refractivity contribution in [2.24, 2.45) is 5.73 Å². The minimum absolute atomic E-state index is 0. The Hall–Kier alpha value is -2.65. The molecule has 0 saturated carbocycles. The highest BCUT2D eigenvalue weighted by molar-refractivity contribution is 7.22. The molecule has 0 spiro atoms. The van der Waals surface area contributed by atoms with Crippen molar-refractivity contribution in [1.82, 2.24) is 9.97 Å². The summed E-state index contributed by atoms with van der Waals surface area (Å²) in [5, 5.41) is 1.34. The van der Waals surface area contributed by atoms with Crippen molar-refractivity contribution in [3.8, 4) is 11.5 Å². The largest absolute Gasteiger partial charge is 0.493 e. The Labute approximate surface area is 206 Å². The number of methoxy groups -OCH3 is 1. The highest BCUT2D eigenvalue weighted by Crippen LogP contribution is 2.34. The molecule has 0 atom stereocenters.